The molecule has 124 valence electrons. The normalized spacial score (nSPS) is 18.1. The van der Waals surface area contributed by atoms with Gasteiger partial charge in [0.1, 0.15) is 11.6 Å². The van der Waals surface area contributed by atoms with Gasteiger partial charge in [0.15, 0.2) is 5.65 Å². The molecule has 1 aliphatic heterocycles. The van der Waals surface area contributed by atoms with E-state index in [1.54, 1.807) is 6.07 Å². The van der Waals surface area contributed by atoms with Crippen LogP contribution in [0.4, 0.5) is 15.9 Å². The average Bonchev–Trinajstić information content (AvgIpc) is 3.03. The molecule has 0 bridgehead atoms. The number of hydrogen-bond acceptors (Lipinski definition) is 6. The van der Waals surface area contributed by atoms with Crippen LogP contribution in [0.5, 0.6) is 0 Å². The van der Waals surface area contributed by atoms with E-state index in [2.05, 4.69) is 30.8 Å². The molecule has 1 unspecified atom stereocenters. The molecular weight excluding hydrogens is 309 g/mol. The third-order valence-electron chi connectivity index (χ3n) is 4.34. The van der Waals surface area contributed by atoms with Gasteiger partial charge in [-0.3, -0.25) is 0 Å². The summed E-state index contributed by atoms with van der Waals surface area (Å²) in [5, 5.41) is 19.1. The van der Waals surface area contributed by atoms with Crippen molar-refractivity contribution in [2.24, 2.45) is 0 Å². The van der Waals surface area contributed by atoms with Crippen LogP contribution in [0.15, 0.2) is 30.3 Å². The third-order valence-corrected chi connectivity index (χ3v) is 4.34. The van der Waals surface area contributed by atoms with E-state index in [1.807, 2.05) is 25.1 Å². The topological polar surface area (TPSA) is 71.2 Å². The second-order valence-corrected chi connectivity index (χ2v) is 6.11. The van der Waals surface area contributed by atoms with E-state index < -0.39 is 0 Å². The number of nitrogens with zero attached hydrogens (tertiary/aromatic N) is 6. The molecular formula is C16H18FN7. The number of aryl methyl sites for hydroxylation is 1. The molecule has 0 spiro atoms. The van der Waals surface area contributed by atoms with E-state index in [0.29, 0.717) is 5.65 Å². The van der Waals surface area contributed by atoms with E-state index in [9.17, 15) is 4.39 Å². The Hall–Kier alpha value is -2.77. The molecule has 1 aromatic carbocycles. The molecule has 1 N–H and O–H groups in total. The summed E-state index contributed by atoms with van der Waals surface area (Å²) in [5.41, 5.74) is 2.67. The van der Waals surface area contributed by atoms with Crippen LogP contribution in [-0.4, -0.2) is 44.4 Å². The molecule has 24 heavy (non-hydrogen) atoms. The van der Waals surface area contributed by atoms with Crippen molar-refractivity contribution >= 4 is 17.2 Å². The highest BCUT2D eigenvalue weighted by Crippen LogP contribution is 2.25. The number of hydrogen-bond donors (Lipinski definition) is 1. The lowest BCUT2D eigenvalue weighted by atomic mass is 10.0. The van der Waals surface area contributed by atoms with Crippen molar-refractivity contribution in [2.45, 2.75) is 25.8 Å². The van der Waals surface area contributed by atoms with E-state index in [-0.39, 0.29) is 11.9 Å². The zero-order valence-corrected chi connectivity index (χ0v) is 13.4. The molecule has 1 aliphatic rings. The Morgan fingerprint density at radius 2 is 2.17 bits per heavy atom. The summed E-state index contributed by atoms with van der Waals surface area (Å²) < 4.78 is 14.7. The van der Waals surface area contributed by atoms with Crippen LogP contribution in [0.25, 0.3) is 5.65 Å². The molecule has 7 nitrogen and oxygen atoms in total. The fraction of sp³-hybridized carbons (Fsp3) is 0.375. The highest BCUT2D eigenvalue weighted by Gasteiger charge is 2.21. The first-order valence-electron chi connectivity index (χ1n) is 8.02. The van der Waals surface area contributed by atoms with Crippen LogP contribution >= 0.6 is 0 Å². The Morgan fingerprint density at radius 1 is 1.25 bits per heavy atom. The van der Waals surface area contributed by atoms with Gasteiger partial charge in [0, 0.05) is 24.8 Å². The molecule has 0 amide bonds. The Balaban J connectivity index is 1.50. The molecule has 4 rings (SSSR count). The molecule has 8 heteroatoms. The third kappa shape index (κ3) is 2.86. The number of piperidine rings is 1. The van der Waals surface area contributed by atoms with Crippen LogP contribution < -0.4 is 10.2 Å². The Labute approximate surface area is 138 Å². The van der Waals surface area contributed by atoms with E-state index in [4.69, 9.17) is 0 Å². The SMILES string of the molecule is Cc1cc(F)ccc1N1CCCC(Nc2ccc3nnnn3n2)C1. The van der Waals surface area contributed by atoms with E-state index in [1.165, 1.54) is 10.7 Å². The first-order valence-corrected chi connectivity index (χ1v) is 8.02. The van der Waals surface area contributed by atoms with Crippen LogP contribution in [0.1, 0.15) is 18.4 Å². The zero-order chi connectivity index (χ0) is 16.5. The first kappa shape index (κ1) is 14.8. The fourth-order valence-electron chi connectivity index (χ4n) is 3.22. The minimum atomic E-state index is -0.193. The second kappa shape index (κ2) is 6.03. The van der Waals surface area contributed by atoms with Crippen molar-refractivity contribution in [3.8, 4) is 0 Å². The fourth-order valence-corrected chi connectivity index (χ4v) is 3.22. The lowest BCUT2D eigenvalue weighted by molar-refractivity contribution is 0.526. The molecule has 0 aliphatic carbocycles. The molecule has 3 heterocycles. The van der Waals surface area contributed by atoms with Crippen molar-refractivity contribution in [1.82, 2.24) is 25.3 Å². The highest BCUT2D eigenvalue weighted by atomic mass is 19.1. The van der Waals surface area contributed by atoms with Crippen molar-refractivity contribution < 1.29 is 4.39 Å². The van der Waals surface area contributed by atoms with Gasteiger partial charge in [-0.25, -0.2) is 4.39 Å². The van der Waals surface area contributed by atoms with Crippen LogP contribution in [0, 0.1) is 12.7 Å². The number of nitrogens with one attached hydrogen (secondary N) is 1. The summed E-state index contributed by atoms with van der Waals surface area (Å²) in [6.07, 6.45) is 2.13. The number of benzene rings is 1. The number of aromatic nitrogens is 5. The molecule has 2 aromatic heterocycles. The summed E-state index contributed by atoms with van der Waals surface area (Å²) in [6.45, 7) is 3.77. The van der Waals surface area contributed by atoms with Crippen molar-refractivity contribution in [1.29, 1.82) is 0 Å². The summed E-state index contributed by atoms with van der Waals surface area (Å²) in [5.74, 6) is 0.555. The first-order chi connectivity index (χ1) is 11.7. The largest absolute Gasteiger partial charge is 0.369 e. The van der Waals surface area contributed by atoms with Crippen LogP contribution in [0.2, 0.25) is 0 Å². The van der Waals surface area contributed by atoms with Crippen LogP contribution in [0.3, 0.4) is 0 Å². The average molecular weight is 327 g/mol. The second-order valence-electron chi connectivity index (χ2n) is 6.11. The van der Waals surface area contributed by atoms with Gasteiger partial charge in [-0.1, -0.05) is 0 Å². The number of tetrazole rings is 1. The number of anilines is 2. The summed E-state index contributed by atoms with van der Waals surface area (Å²) in [7, 11) is 0. The number of halogens is 1. The summed E-state index contributed by atoms with van der Waals surface area (Å²) in [4.78, 5) is 2.30. The van der Waals surface area contributed by atoms with Gasteiger partial charge in [0.05, 0.1) is 0 Å². The van der Waals surface area contributed by atoms with Crippen molar-refractivity contribution in [3.63, 3.8) is 0 Å². The zero-order valence-electron chi connectivity index (χ0n) is 13.4. The molecule has 1 saturated heterocycles. The lowest BCUT2D eigenvalue weighted by Gasteiger charge is -2.35. The Bertz CT molecular complexity index is 863. The Kier molecular flexibility index (Phi) is 3.72. The minimum Gasteiger partial charge on any atom is -0.369 e. The minimum absolute atomic E-state index is 0.193. The van der Waals surface area contributed by atoms with Gasteiger partial charge in [0.2, 0.25) is 0 Å². The maximum atomic E-state index is 13.3. The Morgan fingerprint density at radius 3 is 3.04 bits per heavy atom. The molecule has 1 atom stereocenters. The van der Waals surface area contributed by atoms with Gasteiger partial charge < -0.3 is 10.2 Å². The molecule has 1 fully saturated rings. The van der Waals surface area contributed by atoms with Crippen LogP contribution in [-0.2, 0) is 0 Å². The molecule has 3 aromatic rings. The summed E-state index contributed by atoms with van der Waals surface area (Å²) >= 11 is 0. The molecule has 0 saturated carbocycles. The maximum absolute atomic E-state index is 13.3. The maximum Gasteiger partial charge on any atom is 0.200 e. The van der Waals surface area contributed by atoms with Crippen molar-refractivity contribution in [3.05, 3.63) is 41.7 Å². The smallest absolute Gasteiger partial charge is 0.200 e. The van der Waals surface area contributed by atoms with Crippen molar-refractivity contribution in [2.75, 3.05) is 23.3 Å². The van der Waals surface area contributed by atoms with E-state index >= 15 is 0 Å². The number of rotatable bonds is 3. The van der Waals surface area contributed by atoms with Gasteiger partial charge in [-0.2, -0.15) is 0 Å². The van der Waals surface area contributed by atoms with Gasteiger partial charge in [-0.15, -0.1) is 14.8 Å². The quantitative estimate of drug-likeness (QED) is 0.794. The monoisotopic (exact) mass is 327 g/mol. The lowest BCUT2D eigenvalue weighted by Crippen LogP contribution is -2.42. The predicted octanol–water partition coefficient (Wildman–Crippen LogP) is 2.05. The number of fused-ring (bicyclic) bond motifs is 1. The van der Waals surface area contributed by atoms with Gasteiger partial charge >= 0.3 is 0 Å². The standard InChI is InChI=1S/C16H18FN7/c1-11-9-12(17)4-5-14(11)23-8-2-3-13(10-23)18-15-6-7-16-19-21-22-24(16)20-15/h4-7,9,13H,2-3,8,10H2,1H3,(H,18,20). The van der Waals surface area contributed by atoms with E-state index in [0.717, 1.165) is 43.0 Å². The van der Waals surface area contributed by atoms with Gasteiger partial charge in [-0.05, 0) is 66.1 Å². The summed E-state index contributed by atoms with van der Waals surface area (Å²) in [6, 6.07) is 8.95. The van der Waals surface area contributed by atoms with Gasteiger partial charge in [0.25, 0.3) is 0 Å². The molecule has 0 radical (unpaired) electrons. The highest BCUT2D eigenvalue weighted by molar-refractivity contribution is 5.54. The predicted molar refractivity (Wildman–Crippen MR) is 88.6 cm³/mol.